The first-order valence-electron chi connectivity index (χ1n) is 12.1. The maximum atomic E-state index is 13.4. The van der Waals surface area contributed by atoms with Crippen molar-refractivity contribution in [3.8, 4) is 11.5 Å². The van der Waals surface area contributed by atoms with Gasteiger partial charge in [0.05, 0.1) is 12.7 Å². The number of anilines is 1. The van der Waals surface area contributed by atoms with Crippen LogP contribution in [-0.2, 0) is 16.1 Å². The van der Waals surface area contributed by atoms with Crippen LogP contribution in [0.1, 0.15) is 56.2 Å². The van der Waals surface area contributed by atoms with Crippen LogP contribution in [0.5, 0.6) is 11.5 Å². The van der Waals surface area contributed by atoms with Crippen LogP contribution in [0.3, 0.4) is 0 Å². The Morgan fingerprint density at radius 1 is 1.09 bits per heavy atom. The summed E-state index contributed by atoms with van der Waals surface area (Å²) >= 11 is 0. The fraction of sp³-hybridized carbons (Fsp3) is 0.370. The van der Waals surface area contributed by atoms with E-state index in [-0.39, 0.29) is 12.1 Å². The lowest BCUT2D eigenvalue weighted by molar-refractivity contribution is -0.146. The van der Waals surface area contributed by atoms with E-state index in [1.54, 1.807) is 11.8 Å². The summed E-state index contributed by atoms with van der Waals surface area (Å²) in [6.45, 7) is 2.30. The highest BCUT2D eigenvalue weighted by Crippen LogP contribution is 2.39. The van der Waals surface area contributed by atoms with Gasteiger partial charge >= 0.3 is 5.97 Å². The minimum Gasteiger partial charge on any atom is -0.493 e. The highest BCUT2D eigenvalue weighted by Gasteiger charge is 2.36. The number of ether oxygens (including phenoxy) is 3. The molecule has 1 N–H and O–H groups in total. The van der Waals surface area contributed by atoms with E-state index in [0.29, 0.717) is 35.3 Å². The molecule has 8 heteroatoms. The van der Waals surface area contributed by atoms with Crippen LogP contribution in [0.25, 0.3) is 0 Å². The predicted molar refractivity (Wildman–Crippen MR) is 131 cm³/mol. The first kappa shape index (κ1) is 23.0. The molecule has 1 fully saturated rings. The average molecular weight is 475 g/mol. The fourth-order valence-corrected chi connectivity index (χ4v) is 4.77. The molecule has 5 rings (SSSR count). The van der Waals surface area contributed by atoms with Crippen LogP contribution in [-0.4, -0.2) is 33.9 Å². The number of hydrogen-bond donors (Lipinski definition) is 1. The number of benzene rings is 2. The molecule has 0 bridgehead atoms. The van der Waals surface area contributed by atoms with Crippen LogP contribution in [0, 0.1) is 0 Å². The summed E-state index contributed by atoms with van der Waals surface area (Å²) in [5.74, 6) is 1.46. The standard InChI is InChI=1S/C27H30N4O4/c1-18-24(26(32)35-21-11-7-4-8-12-21)25(31-27(30-18)28-17-29-31)20-13-14-22(23(15-20)33-2)34-16-19-9-5-3-6-10-19/h3,5-6,9-10,13-15,17,21,25H,4,7-8,11-12,16H2,1-2H3,(H,28,29,30). The van der Waals surface area contributed by atoms with Crippen molar-refractivity contribution in [1.82, 2.24) is 14.8 Å². The Morgan fingerprint density at radius 3 is 2.66 bits per heavy atom. The first-order valence-corrected chi connectivity index (χ1v) is 12.1. The monoisotopic (exact) mass is 474 g/mol. The van der Waals surface area contributed by atoms with Crippen LogP contribution in [0.4, 0.5) is 5.95 Å². The number of carbonyl (C=O) groups is 1. The van der Waals surface area contributed by atoms with Gasteiger partial charge in [-0.25, -0.2) is 9.48 Å². The smallest absolute Gasteiger partial charge is 0.338 e. The molecule has 0 spiro atoms. The molecule has 1 aliphatic heterocycles. The minimum atomic E-state index is -0.498. The lowest BCUT2D eigenvalue weighted by Gasteiger charge is -2.30. The Hall–Kier alpha value is -3.81. The van der Waals surface area contributed by atoms with E-state index >= 15 is 0 Å². The normalized spacial score (nSPS) is 17.9. The van der Waals surface area contributed by atoms with E-state index in [9.17, 15) is 4.79 Å². The molecule has 0 radical (unpaired) electrons. The number of nitrogens with zero attached hydrogens (tertiary/aromatic N) is 3. The number of rotatable bonds is 7. The van der Waals surface area contributed by atoms with Crippen LogP contribution >= 0.6 is 0 Å². The Morgan fingerprint density at radius 2 is 1.89 bits per heavy atom. The van der Waals surface area contributed by atoms with Gasteiger partial charge < -0.3 is 19.5 Å². The Labute approximate surface area is 204 Å². The molecular formula is C27H30N4O4. The Balaban J connectivity index is 1.45. The van der Waals surface area contributed by atoms with Crippen molar-refractivity contribution in [2.75, 3.05) is 12.4 Å². The molecule has 1 atom stereocenters. The van der Waals surface area contributed by atoms with Crippen molar-refractivity contribution in [1.29, 1.82) is 0 Å². The fourth-order valence-electron chi connectivity index (χ4n) is 4.77. The second kappa shape index (κ2) is 10.2. The average Bonchev–Trinajstić information content (AvgIpc) is 3.35. The summed E-state index contributed by atoms with van der Waals surface area (Å²) in [7, 11) is 1.61. The number of nitrogens with one attached hydrogen (secondary N) is 1. The third-order valence-electron chi connectivity index (χ3n) is 6.58. The van der Waals surface area contributed by atoms with Crippen molar-refractivity contribution in [2.24, 2.45) is 0 Å². The highest BCUT2D eigenvalue weighted by atomic mass is 16.5. The summed E-state index contributed by atoms with van der Waals surface area (Å²) in [5, 5.41) is 7.61. The molecular weight excluding hydrogens is 444 g/mol. The molecule has 2 heterocycles. The third kappa shape index (κ3) is 4.87. The topological polar surface area (TPSA) is 87.5 Å². The number of methoxy groups -OCH3 is 1. The molecule has 1 aliphatic carbocycles. The molecule has 1 unspecified atom stereocenters. The van der Waals surface area contributed by atoms with E-state index < -0.39 is 6.04 Å². The van der Waals surface area contributed by atoms with Crippen molar-refractivity contribution in [3.63, 3.8) is 0 Å². The van der Waals surface area contributed by atoms with Gasteiger partial charge in [-0.2, -0.15) is 10.1 Å². The van der Waals surface area contributed by atoms with Gasteiger partial charge in [-0.3, -0.25) is 0 Å². The van der Waals surface area contributed by atoms with Gasteiger partial charge in [-0.05, 0) is 55.9 Å². The number of esters is 1. The van der Waals surface area contributed by atoms with E-state index in [1.807, 2.05) is 55.5 Å². The SMILES string of the molecule is COc1cc(C2C(C(=O)OC3CCCCC3)=C(C)Nc3ncnn32)ccc1OCc1ccccc1. The summed E-state index contributed by atoms with van der Waals surface area (Å²) in [6.07, 6.45) is 6.63. The number of fused-ring (bicyclic) bond motifs is 1. The van der Waals surface area contributed by atoms with Gasteiger partial charge in [-0.15, -0.1) is 0 Å². The summed E-state index contributed by atoms with van der Waals surface area (Å²) < 4.78 is 19.4. The molecule has 1 aromatic heterocycles. The molecule has 8 nitrogen and oxygen atoms in total. The largest absolute Gasteiger partial charge is 0.493 e. The van der Waals surface area contributed by atoms with Crippen LogP contribution < -0.4 is 14.8 Å². The molecule has 0 saturated heterocycles. The van der Waals surface area contributed by atoms with Crippen molar-refractivity contribution < 1.29 is 19.0 Å². The predicted octanol–water partition coefficient (Wildman–Crippen LogP) is 5.03. The van der Waals surface area contributed by atoms with E-state index in [0.717, 1.165) is 36.8 Å². The summed E-state index contributed by atoms with van der Waals surface area (Å²) in [6, 6.07) is 15.2. The van der Waals surface area contributed by atoms with E-state index in [2.05, 4.69) is 15.4 Å². The molecule has 0 amide bonds. The number of carbonyl (C=O) groups excluding carboxylic acids is 1. The second-order valence-electron chi connectivity index (χ2n) is 8.94. The minimum absolute atomic E-state index is 0.0438. The summed E-state index contributed by atoms with van der Waals surface area (Å²) in [5.41, 5.74) is 3.13. The van der Waals surface area contributed by atoms with E-state index in [4.69, 9.17) is 14.2 Å². The second-order valence-corrected chi connectivity index (χ2v) is 8.94. The van der Waals surface area contributed by atoms with Gasteiger partial charge in [0, 0.05) is 5.70 Å². The van der Waals surface area contributed by atoms with Crippen molar-refractivity contribution in [2.45, 2.75) is 57.8 Å². The maximum absolute atomic E-state index is 13.4. The third-order valence-corrected chi connectivity index (χ3v) is 6.58. The Bertz CT molecular complexity index is 1210. The highest BCUT2D eigenvalue weighted by molar-refractivity contribution is 5.92. The van der Waals surface area contributed by atoms with Gasteiger partial charge in [0.2, 0.25) is 5.95 Å². The zero-order valence-corrected chi connectivity index (χ0v) is 20.1. The van der Waals surface area contributed by atoms with Gasteiger partial charge in [0.25, 0.3) is 0 Å². The lowest BCUT2D eigenvalue weighted by atomic mass is 9.94. The Kier molecular flexibility index (Phi) is 6.70. The quantitative estimate of drug-likeness (QED) is 0.481. The summed E-state index contributed by atoms with van der Waals surface area (Å²) in [4.78, 5) is 17.7. The maximum Gasteiger partial charge on any atom is 0.338 e. The van der Waals surface area contributed by atoms with Gasteiger partial charge in [0.15, 0.2) is 11.5 Å². The first-order chi connectivity index (χ1) is 17.1. The molecule has 182 valence electrons. The van der Waals surface area contributed by atoms with Crippen molar-refractivity contribution >= 4 is 11.9 Å². The molecule has 1 saturated carbocycles. The van der Waals surface area contributed by atoms with E-state index in [1.165, 1.54) is 12.7 Å². The van der Waals surface area contributed by atoms with Crippen LogP contribution in [0.2, 0.25) is 0 Å². The lowest BCUT2D eigenvalue weighted by Crippen LogP contribution is -2.32. The van der Waals surface area contributed by atoms with Gasteiger partial charge in [0.1, 0.15) is 25.1 Å². The molecule has 2 aromatic carbocycles. The number of aromatic nitrogens is 3. The number of allylic oxidation sites excluding steroid dienone is 1. The molecule has 35 heavy (non-hydrogen) atoms. The van der Waals surface area contributed by atoms with Crippen LogP contribution in [0.15, 0.2) is 66.1 Å². The zero-order chi connectivity index (χ0) is 24.2. The molecule has 3 aromatic rings. The number of hydrogen-bond acceptors (Lipinski definition) is 7. The van der Waals surface area contributed by atoms with Gasteiger partial charge in [-0.1, -0.05) is 42.8 Å². The molecule has 2 aliphatic rings. The zero-order valence-electron chi connectivity index (χ0n) is 20.1. The van der Waals surface area contributed by atoms with Crippen molar-refractivity contribution in [3.05, 3.63) is 77.3 Å².